The zero-order valence-corrected chi connectivity index (χ0v) is 10.3. The van der Waals surface area contributed by atoms with Crippen molar-refractivity contribution in [2.45, 2.75) is 50.4 Å². The summed E-state index contributed by atoms with van der Waals surface area (Å²) < 4.78 is 37.7. The number of carbonyl (C=O) groups excluding carboxylic acids is 1. The number of hydrogen-bond acceptors (Lipinski definition) is 3. The van der Waals surface area contributed by atoms with E-state index in [1.165, 1.54) is 4.90 Å². The number of hydrogen-bond donors (Lipinski definition) is 2. The van der Waals surface area contributed by atoms with Gasteiger partial charge in [0.2, 0.25) is 5.91 Å². The molecule has 0 aromatic heterocycles. The lowest BCUT2D eigenvalue weighted by Crippen LogP contribution is -2.56. The largest absolute Gasteiger partial charge is 0.417 e. The Hall–Kier alpha value is -0.820. The van der Waals surface area contributed by atoms with Crippen molar-refractivity contribution in [3.8, 4) is 0 Å². The Balaban J connectivity index is 2.56. The van der Waals surface area contributed by atoms with Crippen LogP contribution >= 0.6 is 0 Å². The first-order valence-corrected chi connectivity index (χ1v) is 6.05. The fraction of sp³-hybridized carbons (Fsp3) is 0.909. The van der Waals surface area contributed by atoms with Crippen molar-refractivity contribution >= 4 is 5.91 Å². The third-order valence-electron chi connectivity index (χ3n) is 3.35. The van der Waals surface area contributed by atoms with Gasteiger partial charge >= 0.3 is 6.18 Å². The lowest BCUT2D eigenvalue weighted by Gasteiger charge is -2.39. The first kappa shape index (κ1) is 15.2. The van der Waals surface area contributed by atoms with Crippen LogP contribution in [0.2, 0.25) is 0 Å². The molecule has 18 heavy (non-hydrogen) atoms. The molecule has 3 N–H and O–H groups in total. The van der Waals surface area contributed by atoms with E-state index < -0.39 is 30.7 Å². The summed E-state index contributed by atoms with van der Waals surface area (Å²) in [7, 11) is 0. The van der Waals surface area contributed by atoms with Gasteiger partial charge in [-0.05, 0) is 6.42 Å². The van der Waals surface area contributed by atoms with E-state index in [0.29, 0.717) is 6.42 Å². The van der Waals surface area contributed by atoms with Crippen LogP contribution in [0.4, 0.5) is 13.2 Å². The van der Waals surface area contributed by atoms with Crippen molar-refractivity contribution in [2.75, 3.05) is 13.1 Å². The maximum Gasteiger partial charge on any atom is 0.417 e. The Kier molecular flexibility index (Phi) is 4.61. The average Bonchev–Trinajstić information content (AvgIpc) is 2.28. The third-order valence-corrected chi connectivity index (χ3v) is 3.35. The van der Waals surface area contributed by atoms with E-state index in [1.807, 2.05) is 6.92 Å². The molecule has 1 saturated heterocycles. The molecule has 1 rings (SSSR count). The van der Waals surface area contributed by atoms with Gasteiger partial charge in [0, 0.05) is 25.9 Å². The second-order valence-corrected chi connectivity index (χ2v) is 4.75. The van der Waals surface area contributed by atoms with Crippen LogP contribution in [0.3, 0.4) is 0 Å². The summed E-state index contributed by atoms with van der Waals surface area (Å²) >= 11 is 0. The van der Waals surface area contributed by atoms with Gasteiger partial charge in [-0.2, -0.15) is 13.2 Å². The first-order chi connectivity index (χ1) is 8.21. The molecule has 1 atom stereocenters. The van der Waals surface area contributed by atoms with Crippen LogP contribution in [0.15, 0.2) is 0 Å². The van der Waals surface area contributed by atoms with Crippen molar-refractivity contribution < 1.29 is 23.1 Å². The van der Waals surface area contributed by atoms with E-state index >= 15 is 0 Å². The van der Waals surface area contributed by atoms with E-state index in [9.17, 15) is 23.1 Å². The Morgan fingerprint density at radius 2 is 1.94 bits per heavy atom. The average molecular weight is 268 g/mol. The molecule has 1 amide bonds. The van der Waals surface area contributed by atoms with E-state index in [1.54, 1.807) is 0 Å². The number of alkyl halides is 3. The molecule has 4 nitrogen and oxygen atoms in total. The number of nitrogens with zero attached hydrogens (tertiary/aromatic N) is 1. The Labute approximate surface area is 104 Å². The highest BCUT2D eigenvalue weighted by molar-refractivity contribution is 5.81. The molecular formula is C11H19F3N2O2. The normalized spacial score (nSPS) is 21.8. The van der Waals surface area contributed by atoms with Crippen molar-refractivity contribution in [1.29, 1.82) is 0 Å². The zero-order chi connectivity index (χ0) is 14.0. The minimum absolute atomic E-state index is 0.105. The number of aliphatic hydroxyl groups is 1. The number of rotatable bonds is 3. The van der Waals surface area contributed by atoms with Crippen LogP contribution in [0.25, 0.3) is 0 Å². The third kappa shape index (κ3) is 3.14. The van der Waals surface area contributed by atoms with Crippen molar-refractivity contribution in [3.63, 3.8) is 0 Å². The molecule has 0 spiro atoms. The molecule has 1 unspecified atom stereocenters. The van der Waals surface area contributed by atoms with Gasteiger partial charge in [0.05, 0.1) is 6.04 Å². The van der Waals surface area contributed by atoms with E-state index in [2.05, 4.69) is 0 Å². The van der Waals surface area contributed by atoms with Gasteiger partial charge < -0.3 is 15.7 Å². The van der Waals surface area contributed by atoms with Crippen LogP contribution < -0.4 is 5.73 Å². The molecule has 0 aromatic rings. The highest BCUT2D eigenvalue weighted by Crippen LogP contribution is 2.38. The van der Waals surface area contributed by atoms with Gasteiger partial charge in [0.25, 0.3) is 0 Å². The Bertz CT molecular complexity index is 299. The smallest absolute Gasteiger partial charge is 0.380 e. The fourth-order valence-corrected chi connectivity index (χ4v) is 2.05. The van der Waals surface area contributed by atoms with E-state index in [0.717, 1.165) is 6.42 Å². The van der Waals surface area contributed by atoms with Gasteiger partial charge in [-0.25, -0.2) is 0 Å². The molecule has 7 heteroatoms. The molecule has 0 bridgehead atoms. The molecule has 0 saturated carbocycles. The van der Waals surface area contributed by atoms with Gasteiger partial charge in [-0.15, -0.1) is 0 Å². The van der Waals surface area contributed by atoms with Crippen molar-refractivity contribution in [1.82, 2.24) is 4.90 Å². The molecule has 0 aromatic carbocycles. The fourth-order valence-electron chi connectivity index (χ4n) is 2.05. The number of piperidine rings is 1. The topological polar surface area (TPSA) is 66.6 Å². The molecule has 0 radical (unpaired) electrons. The second-order valence-electron chi connectivity index (χ2n) is 4.75. The molecule has 1 aliphatic rings. The Morgan fingerprint density at radius 3 is 2.33 bits per heavy atom. The number of nitrogens with two attached hydrogens (primary N) is 1. The summed E-state index contributed by atoms with van der Waals surface area (Å²) in [6.45, 7) is 1.67. The van der Waals surface area contributed by atoms with Crippen LogP contribution in [0, 0.1) is 0 Å². The standard InChI is InChI=1S/C11H19F3N2O2/c1-2-3-8(15)9(17)16-6-4-10(18,5-7-16)11(12,13)14/h8,18H,2-7,15H2,1H3. The summed E-state index contributed by atoms with van der Waals surface area (Å²) in [4.78, 5) is 13.1. The quantitative estimate of drug-likeness (QED) is 0.803. The molecule has 106 valence electrons. The number of amides is 1. The molecule has 1 heterocycles. The van der Waals surface area contributed by atoms with Crippen molar-refractivity contribution in [2.24, 2.45) is 5.73 Å². The van der Waals surface area contributed by atoms with E-state index in [-0.39, 0.29) is 19.0 Å². The molecule has 1 aliphatic heterocycles. The monoisotopic (exact) mass is 268 g/mol. The summed E-state index contributed by atoms with van der Waals surface area (Å²) in [5.74, 6) is -0.332. The lowest BCUT2D eigenvalue weighted by atomic mass is 9.90. The lowest BCUT2D eigenvalue weighted by molar-refractivity contribution is -0.272. The van der Waals surface area contributed by atoms with Crippen LogP contribution in [0.1, 0.15) is 32.6 Å². The summed E-state index contributed by atoms with van der Waals surface area (Å²) in [5, 5.41) is 9.46. The number of carbonyl (C=O) groups is 1. The minimum Gasteiger partial charge on any atom is -0.380 e. The maximum absolute atomic E-state index is 12.6. The van der Waals surface area contributed by atoms with Crippen LogP contribution in [-0.2, 0) is 4.79 Å². The zero-order valence-electron chi connectivity index (χ0n) is 10.3. The summed E-state index contributed by atoms with van der Waals surface area (Å²) in [6.07, 6.45) is -4.36. The minimum atomic E-state index is -4.65. The van der Waals surface area contributed by atoms with Gasteiger partial charge in [-0.3, -0.25) is 4.79 Å². The summed E-state index contributed by atoms with van der Waals surface area (Å²) in [6, 6.07) is -0.660. The maximum atomic E-state index is 12.6. The van der Waals surface area contributed by atoms with Gasteiger partial charge in [0.15, 0.2) is 5.60 Å². The number of halogens is 3. The van der Waals surface area contributed by atoms with Crippen LogP contribution in [-0.4, -0.2) is 46.8 Å². The Morgan fingerprint density at radius 1 is 1.44 bits per heavy atom. The summed E-state index contributed by atoms with van der Waals surface area (Å²) in [5.41, 5.74) is 2.97. The second kappa shape index (κ2) is 5.44. The number of likely N-dealkylation sites (tertiary alicyclic amines) is 1. The van der Waals surface area contributed by atoms with Gasteiger partial charge in [-0.1, -0.05) is 13.3 Å². The van der Waals surface area contributed by atoms with Crippen molar-refractivity contribution in [3.05, 3.63) is 0 Å². The van der Waals surface area contributed by atoms with Crippen LogP contribution in [0.5, 0.6) is 0 Å². The van der Waals surface area contributed by atoms with E-state index in [4.69, 9.17) is 5.73 Å². The highest BCUT2D eigenvalue weighted by atomic mass is 19.4. The predicted octanol–water partition coefficient (Wildman–Crippen LogP) is 1.03. The molecule has 0 aliphatic carbocycles. The predicted molar refractivity (Wildman–Crippen MR) is 59.7 cm³/mol. The molecule has 1 fully saturated rings. The molecular weight excluding hydrogens is 249 g/mol. The van der Waals surface area contributed by atoms with Gasteiger partial charge in [0.1, 0.15) is 0 Å². The SMILES string of the molecule is CCCC(N)C(=O)N1CCC(O)(C(F)(F)F)CC1. The first-order valence-electron chi connectivity index (χ1n) is 6.05. The highest BCUT2D eigenvalue weighted by Gasteiger charge is 2.54.